The number of carbonyl (C=O) groups is 2. The van der Waals surface area contributed by atoms with Crippen molar-refractivity contribution in [1.29, 1.82) is 0 Å². The second-order valence-electron chi connectivity index (χ2n) is 5.10. The maximum Gasteiger partial charge on any atom is 0.242 e. The lowest BCUT2D eigenvalue weighted by Crippen LogP contribution is -2.40. The van der Waals surface area contributed by atoms with E-state index in [-0.39, 0.29) is 36.8 Å². The summed E-state index contributed by atoms with van der Waals surface area (Å²) in [5, 5.41) is 2.66. The number of amides is 2. The molecule has 3 N–H and O–H groups in total. The number of nitrogens with two attached hydrogens (primary N) is 1. The van der Waals surface area contributed by atoms with Crippen LogP contribution >= 0.6 is 12.4 Å². The summed E-state index contributed by atoms with van der Waals surface area (Å²) in [6.07, 6.45) is 2.20. The maximum absolute atomic E-state index is 11.7. The molecule has 0 spiro atoms. The molecule has 1 heterocycles. The third-order valence-electron chi connectivity index (χ3n) is 2.96. The maximum atomic E-state index is 11.7. The molecule has 1 atom stereocenters. The summed E-state index contributed by atoms with van der Waals surface area (Å²) >= 11 is 0. The number of rotatable bonds is 5. The van der Waals surface area contributed by atoms with E-state index in [0.29, 0.717) is 25.4 Å². The molecule has 1 aliphatic heterocycles. The molecule has 18 heavy (non-hydrogen) atoms. The number of hydrogen-bond acceptors (Lipinski definition) is 3. The van der Waals surface area contributed by atoms with Crippen LogP contribution in [0.2, 0.25) is 0 Å². The average Bonchev–Trinajstić information content (AvgIpc) is 2.70. The van der Waals surface area contributed by atoms with Crippen molar-refractivity contribution in [1.82, 2.24) is 10.2 Å². The van der Waals surface area contributed by atoms with Gasteiger partial charge in [-0.05, 0) is 18.8 Å². The molecule has 0 aliphatic carbocycles. The van der Waals surface area contributed by atoms with Crippen LogP contribution in [0.4, 0.5) is 0 Å². The van der Waals surface area contributed by atoms with Crippen LogP contribution in [0.15, 0.2) is 0 Å². The Morgan fingerprint density at radius 1 is 1.44 bits per heavy atom. The first-order valence-electron chi connectivity index (χ1n) is 6.29. The van der Waals surface area contributed by atoms with E-state index >= 15 is 0 Å². The van der Waals surface area contributed by atoms with Crippen LogP contribution < -0.4 is 11.1 Å². The Labute approximate surface area is 115 Å². The quantitative estimate of drug-likeness (QED) is 0.769. The molecule has 0 aromatic carbocycles. The van der Waals surface area contributed by atoms with Crippen LogP contribution in [-0.2, 0) is 9.59 Å². The van der Waals surface area contributed by atoms with Gasteiger partial charge in [-0.1, -0.05) is 13.8 Å². The first kappa shape index (κ1) is 17.2. The standard InChI is InChI=1S/C12H23N3O2.ClH/c1-9(2)3-4-11(16)14-7-12(17)15-6-5-10(13)8-15;/h9-10H,3-8,13H2,1-2H3,(H,14,16);1H/t10-;/m1./s1. The lowest BCUT2D eigenvalue weighted by atomic mass is 10.1. The van der Waals surface area contributed by atoms with Crippen molar-refractivity contribution < 1.29 is 9.59 Å². The fraction of sp³-hybridized carbons (Fsp3) is 0.833. The highest BCUT2D eigenvalue weighted by Crippen LogP contribution is 2.06. The van der Waals surface area contributed by atoms with E-state index < -0.39 is 0 Å². The Morgan fingerprint density at radius 3 is 2.61 bits per heavy atom. The molecule has 5 nitrogen and oxygen atoms in total. The van der Waals surface area contributed by atoms with E-state index in [9.17, 15) is 9.59 Å². The highest BCUT2D eigenvalue weighted by Gasteiger charge is 2.23. The summed E-state index contributed by atoms with van der Waals surface area (Å²) in [6, 6.07) is 0.0931. The fourth-order valence-corrected chi connectivity index (χ4v) is 1.81. The summed E-state index contributed by atoms with van der Waals surface area (Å²) < 4.78 is 0. The van der Waals surface area contributed by atoms with Gasteiger partial charge in [0.1, 0.15) is 0 Å². The molecule has 1 saturated heterocycles. The Kier molecular flexibility index (Phi) is 7.95. The van der Waals surface area contributed by atoms with E-state index in [2.05, 4.69) is 19.2 Å². The minimum Gasteiger partial charge on any atom is -0.347 e. The molecule has 1 rings (SSSR count). The van der Waals surface area contributed by atoms with E-state index in [4.69, 9.17) is 5.73 Å². The summed E-state index contributed by atoms with van der Waals surface area (Å²) in [7, 11) is 0. The topological polar surface area (TPSA) is 75.4 Å². The van der Waals surface area contributed by atoms with E-state index in [1.807, 2.05) is 0 Å². The number of hydrogen-bond donors (Lipinski definition) is 2. The SMILES string of the molecule is CC(C)CCC(=O)NCC(=O)N1CC[C@@H](N)C1.Cl. The Bertz CT molecular complexity index is 284. The van der Waals surface area contributed by atoms with Crippen LogP contribution in [0.3, 0.4) is 0 Å². The van der Waals surface area contributed by atoms with Gasteiger partial charge >= 0.3 is 0 Å². The van der Waals surface area contributed by atoms with E-state index in [1.165, 1.54) is 0 Å². The van der Waals surface area contributed by atoms with Gasteiger partial charge in [-0.3, -0.25) is 9.59 Å². The average molecular weight is 278 g/mol. The summed E-state index contributed by atoms with van der Waals surface area (Å²) in [4.78, 5) is 24.8. The first-order chi connectivity index (χ1) is 7.99. The number of nitrogens with one attached hydrogen (secondary N) is 1. The fourth-order valence-electron chi connectivity index (χ4n) is 1.81. The molecule has 1 fully saturated rings. The van der Waals surface area contributed by atoms with Gasteiger partial charge in [0.2, 0.25) is 11.8 Å². The minimum atomic E-state index is -0.0458. The van der Waals surface area contributed by atoms with Crippen molar-refractivity contribution >= 4 is 24.2 Å². The molecule has 0 aromatic rings. The van der Waals surface area contributed by atoms with Gasteiger partial charge in [-0.2, -0.15) is 0 Å². The van der Waals surface area contributed by atoms with Gasteiger partial charge in [0, 0.05) is 25.6 Å². The normalized spacial score (nSPS) is 18.7. The van der Waals surface area contributed by atoms with E-state index in [1.54, 1.807) is 4.90 Å². The third kappa shape index (κ3) is 6.21. The summed E-state index contributed by atoms with van der Waals surface area (Å²) in [5.74, 6) is 0.430. The van der Waals surface area contributed by atoms with Gasteiger partial charge in [0.05, 0.1) is 6.54 Å². The van der Waals surface area contributed by atoms with Gasteiger partial charge in [0.25, 0.3) is 0 Å². The molecule has 106 valence electrons. The molecular formula is C12H24ClN3O2. The number of nitrogens with zero attached hydrogens (tertiary/aromatic N) is 1. The van der Waals surface area contributed by atoms with Gasteiger partial charge in [-0.25, -0.2) is 0 Å². The highest BCUT2D eigenvalue weighted by molar-refractivity contribution is 5.85. The lowest BCUT2D eigenvalue weighted by molar-refractivity contribution is -0.132. The van der Waals surface area contributed by atoms with Crippen LogP contribution in [0, 0.1) is 5.92 Å². The number of carbonyl (C=O) groups excluding carboxylic acids is 2. The second-order valence-corrected chi connectivity index (χ2v) is 5.10. The lowest BCUT2D eigenvalue weighted by Gasteiger charge is -2.16. The van der Waals surface area contributed by atoms with Gasteiger partial charge < -0.3 is 16.0 Å². The van der Waals surface area contributed by atoms with Crippen molar-refractivity contribution in [2.75, 3.05) is 19.6 Å². The van der Waals surface area contributed by atoms with Gasteiger partial charge in [0.15, 0.2) is 0 Å². The summed E-state index contributed by atoms with van der Waals surface area (Å²) in [5.41, 5.74) is 5.72. The van der Waals surface area contributed by atoms with Crippen LogP contribution in [0.1, 0.15) is 33.1 Å². The number of likely N-dealkylation sites (tertiary alicyclic amines) is 1. The second kappa shape index (κ2) is 8.32. The van der Waals surface area contributed by atoms with Crippen LogP contribution in [-0.4, -0.2) is 42.4 Å². The zero-order chi connectivity index (χ0) is 12.8. The Morgan fingerprint density at radius 2 is 2.11 bits per heavy atom. The molecule has 1 aliphatic rings. The molecule has 0 radical (unpaired) electrons. The highest BCUT2D eigenvalue weighted by atomic mass is 35.5. The largest absolute Gasteiger partial charge is 0.347 e. The third-order valence-corrected chi connectivity index (χ3v) is 2.96. The predicted octanol–water partition coefficient (Wildman–Crippen LogP) is 0.520. The minimum absolute atomic E-state index is 0. The molecule has 0 aromatic heterocycles. The Balaban J connectivity index is 0.00000289. The zero-order valence-corrected chi connectivity index (χ0v) is 12.0. The molecule has 6 heteroatoms. The van der Waals surface area contributed by atoms with Gasteiger partial charge in [-0.15, -0.1) is 12.4 Å². The molecule has 0 unspecified atom stereocenters. The predicted molar refractivity (Wildman–Crippen MR) is 73.5 cm³/mol. The zero-order valence-electron chi connectivity index (χ0n) is 11.1. The van der Waals surface area contributed by atoms with Crippen molar-refractivity contribution in [2.24, 2.45) is 11.7 Å². The van der Waals surface area contributed by atoms with Crippen LogP contribution in [0.25, 0.3) is 0 Å². The van der Waals surface area contributed by atoms with Crippen molar-refractivity contribution in [3.63, 3.8) is 0 Å². The van der Waals surface area contributed by atoms with Crippen molar-refractivity contribution in [3.8, 4) is 0 Å². The molecule has 0 bridgehead atoms. The van der Waals surface area contributed by atoms with Crippen molar-refractivity contribution in [2.45, 2.75) is 39.2 Å². The van der Waals surface area contributed by atoms with Crippen molar-refractivity contribution in [3.05, 3.63) is 0 Å². The Hall–Kier alpha value is -0.810. The first-order valence-corrected chi connectivity index (χ1v) is 6.29. The van der Waals surface area contributed by atoms with E-state index in [0.717, 1.165) is 12.8 Å². The monoisotopic (exact) mass is 277 g/mol. The summed E-state index contributed by atoms with van der Waals surface area (Å²) in [6.45, 7) is 5.57. The molecule has 0 saturated carbocycles. The number of halogens is 1. The molecule has 2 amide bonds. The smallest absolute Gasteiger partial charge is 0.242 e. The van der Waals surface area contributed by atoms with Crippen LogP contribution in [0.5, 0.6) is 0 Å². The molecular weight excluding hydrogens is 254 g/mol.